The Morgan fingerprint density at radius 3 is 2.14 bits per heavy atom. The minimum atomic E-state index is -0.568. The van der Waals surface area contributed by atoms with Crippen molar-refractivity contribution in [3.05, 3.63) is 51.5 Å². The quantitative estimate of drug-likeness (QED) is 0.871. The number of aromatic nitrogens is 1. The number of nitrogens with one attached hydrogen (secondary N) is 1. The molecule has 0 saturated carbocycles. The van der Waals surface area contributed by atoms with Crippen molar-refractivity contribution in [3.63, 3.8) is 0 Å². The molecule has 2 rings (SSSR count). The Kier molecular flexibility index (Phi) is 5.06. The predicted octanol–water partition coefficient (Wildman–Crippen LogP) is 4.63. The fourth-order valence-corrected chi connectivity index (χ4v) is 3.15. The van der Waals surface area contributed by atoms with Gasteiger partial charge in [0, 0.05) is 17.5 Å². The smallest absolute Gasteiger partial charge is 0.126 e. The summed E-state index contributed by atoms with van der Waals surface area (Å²) in [5.74, 6) is -0.804. The third-order valence-electron chi connectivity index (χ3n) is 3.10. The van der Waals surface area contributed by atoms with Crippen molar-refractivity contribution in [2.24, 2.45) is 0 Å². The molecule has 0 fully saturated rings. The summed E-state index contributed by atoms with van der Waals surface area (Å²) in [4.78, 5) is 4.61. The van der Waals surface area contributed by atoms with Crippen molar-refractivity contribution in [1.29, 1.82) is 0 Å². The van der Waals surface area contributed by atoms with Gasteiger partial charge in [-0.25, -0.2) is 13.8 Å². The fourth-order valence-electron chi connectivity index (χ4n) is 2.08. The van der Waals surface area contributed by atoms with E-state index in [0.29, 0.717) is 11.5 Å². The molecule has 0 radical (unpaired) electrons. The summed E-state index contributed by atoms with van der Waals surface area (Å²) in [7, 11) is 0. The Hall–Kier alpha value is -1.33. The van der Waals surface area contributed by atoms with Crippen LogP contribution in [0.2, 0.25) is 0 Å². The predicted molar refractivity (Wildman–Crippen MR) is 82.7 cm³/mol. The zero-order chi connectivity index (χ0) is 15.6. The molecule has 1 unspecified atom stereocenters. The van der Waals surface area contributed by atoms with Crippen LogP contribution >= 0.6 is 11.3 Å². The van der Waals surface area contributed by atoms with Crippen LogP contribution in [0.25, 0.3) is 0 Å². The van der Waals surface area contributed by atoms with E-state index in [1.807, 2.05) is 19.2 Å². The van der Waals surface area contributed by atoms with Crippen LogP contribution < -0.4 is 5.32 Å². The molecule has 0 aliphatic carbocycles. The van der Waals surface area contributed by atoms with Gasteiger partial charge >= 0.3 is 0 Å². The van der Waals surface area contributed by atoms with Gasteiger partial charge in [-0.2, -0.15) is 0 Å². The molecule has 114 valence electrons. The summed E-state index contributed by atoms with van der Waals surface area (Å²) < 4.78 is 27.0. The molecule has 0 spiro atoms. The van der Waals surface area contributed by atoms with Gasteiger partial charge in [-0.1, -0.05) is 13.8 Å². The fraction of sp³-hybridized carbons (Fsp3) is 0.438. The average molecular weight is 310 g/mol. The molecule has 0 aliphatic heterocycles. The highest BCUT2D eigenvalue weighted by Crippen LogP contribution is 2.29. The summed E-state index contributed by atoms with van der Waals surface area (Å²) in [6.07, 6.45) is 0. The van der Waals surface area contributed by atoms with E-state index in [0.717, 1.165) is 16.8 Å². The third kappa shape index (κ3) is 4.08. The topological polar surface area (TPSA) is 24.9 Å². The van der Waals surface area contributed by atoms with E-state index in [1.165, 1.54) is 23.5 Å². The largest absolute Gasteiger partial charge is 0.302 e. The van der Waals surface area contributed by atoms with Gasteiger partial charge in [0.1, 0.15) is 16.6 Å². The first-order valence-electron chi connectivity index (χ1n) is 7.04. The van der Waals surface area contributed by atoms with Gasteiger partial charge in [-0.3, -0.25) is 0 Å². The van der Waals surface area contributed by atoms with Gasteiger partial charge in [0.25, 0.3) is 0 Å². The van der Waals surface area contributed by atoms with Crippen LogP contribution in [0.3, 0.4) is 0 Å². The SMILES string of the molecule is CC(C)NC(c1cc(F)cc(F)c1)c1nc(C(C)C)cs1. The van der Waals surface area contributed by atoms with Gasteiger partial charge in [0.15, 0.2) is 0 Å². The lowest BCUT2D eigenvalue weighted by molar-refractivity contribution is 0.515. The molecule has 1 aromatic carbocycles. The lowest BCUT2D eigenvalue weighted by Crippen LogP contribution is -2.29. The minimum Gasteiger partial charge on any atom is -0.302 e. The molecule has 1 aromatic heterocycles. The maximum absolute atomic E-state index is 13.5. The van der Waals surface area contributed by atoms with E-state index in [-0.39, 0.29) is 12.1 Å². The number of thiazole rings is 1. The number of benzene rings is 1. The first kappa shape index (κ1) is 16.0. The van der Waals surface area contributed by atoms with Crippen molar-refractivity contribution in [2.45, 2.75) is 45.7 Å². The van der Waals surface area contributed by atoms with Gasteiger partial charge in [0.2, 0.25) is 0 Å². The van der Waals surface area contributed by atoms with Crippen LogP contribution in [0.5, 0.6) is 0 Å². The lowest BCUT2D eigenvalue weighted by atomic mass is 10.1. The second-order valence-electron chi connectivity index (χ2n) is 5.72. The van der Waals surface area contributed by atoms with Crippen LogP contribution in [0.4, 0.5) is 8.78 Å². The molecule has 0 amide bonds. The number of halogens is 2. The summed E-state index contributed by atoms with van der Waals surface area (Å²) >= 11 is 1.52. The molecule has 0 saturated heterocycles. The Morgan fingerprint density at radius 1 is 1.05 bits per heavy atom. The molecule has 5 heteroatoms. The number of nitrogens with zero attached hydrogens (tertiary/aromatic N) is 1. The number of hydrogen-bond donors (Lipinski definition) is 1. The monoisotopic (exact) mass is 310 g/mol. The minimum absolute atomic E-state index is 0.174. The van der Waals surface area contributed by atoms with E-state index in [1.54, 1.807) is 0 Å². The maximum Gasteiger partial charge on any atom is 0.126 e. The second kappa shape index (κ2) is 6.62. The Bertz CT molecular complexity index is 588. The first-order valence-corrected chi connectivity index (χ1v) is 7.92. The van der Waals surface area contributed by atoms with Gasteiger partial charge < -0.3 is 5.32 Å². The molecule has 1 atom stereocenters. The van der Waals surface area contributed by atoms with Crippen molar-refractivity contribution >= 4 is 11.3 Å². The van der Waals surface area contributed by atoms with Crippen molar-refractivity contribution in [2.75, 3.05) is 0 Å². The van der Waals surface area contributed by atoms with Crippen LogP contribution in [-0.2, 0) is 0 Å². The van der Waals surface area contributed by atoms with Crippen LogP contribution in [0.1, 0.15) is 55.9 Å². The van der Waals surface area contributed by atoms with Gasteiger partial charge in [-0.05, 0) is 37.5 Å². The Labute approximate surface area is 128 Å². The highest BCUT2D eigenvalue weighted by atomic mass is 32.1. The Morgan fingerprint density at radius 2 is 1.67 bits per heavy atom. The van der Waals surface area contributed by atoms with Crippen molar-refractivity contribution in [1.82, 2.24) is 10.3 Å². The summed E-state index contributed by atoms with van der Waals surface area (Å²) in [6, 6.07) is 3.48. The van der Waals surface area contributed by atoms with Crippen LogP contribution in [0.15, 0.2) is 23.6 Å². The third-order valence-corrected chi connectivity index (χ3v) is 4.02. The van der Waals surface area contributed by atoms with Crippen LogP contribution in [-0.4, -0.2) is 11.0 Å². The molecule has 2 aromatic rings. The van der Waals surface area contributed by atoms with Crippen molar-refractivity contribution < 1.29 is 8.78 Å². The zero-order valence-corrected chi connectivity index (χ0v) is 13.5. The maximum atomic E-state index is 13.5. The summed E-state index contributed by atoms with van der Waals surface area (Å²) in [6.45, 7) is 8.15. The Balaban J connectivity index is 2.41. The summed E-state index contributed by atoms with van der Waals surface area (Å²) in [5, 5.41) is 6.17. The molecule has 1 N–H and O–H groups in total. The van der Waals surface area contributed by atoms with Crippen molar-refractivity contribution in [3.8, 4) is 0 Å². The molecular formula is C16H20F2N2S. The average Bonchev–Trinajstić information content (AvgIpc) is 2.83. The van der Waals surface area contributed by atoms with Crippen LogP contribution in [0, 0.1) is 11.6 Å². The highest BCUT2D eigenvalue weighted by molar-refractivity contribution is 7.09. The number of hydrogen-bond acceptors (Lipinski definition) is 3. The second-order valence-corrected chi connectivity index (χ2v) is 6.61. The lowest BCUT2D eigenvalue weighted by Gasteiger charge is -2.20. The van der Waals surface area contributed by atoms with E-state index < -0.39 is 11.6 Å². The van der Waals surface area contributed by atoms with E-state index in [2.05, 4.69) is 24.1 Å². The van der Waals surface area contributed by atoms with E-state index in [4.69, 9.17) is 0 Å². The molecular weight excluding hydrogens is 290 g/mol. The molecule has 0 aliphatic rings. The zero-order valence-electron chi connectivity index (χ0n) is 12.7. The van der Waals surface area contributed by atoms with Gasteiger partial charge in [-0.15, -0.1) is 11.3 Å². The first-order chi connectivity index (χ1) is 9.86. The standard InChI is InChI=1S/C16H20F2N2S/c1-9(2)14-8-21-16(20-14)15(19-10(3)4)11-5-12(17)7-13(18)6-11/h5-10,15,19H,1-4H3. The molecule has 2 nitrogen and oxygen atoms in total. The molecule has 21 heavy (non-hydrogen) atoms. The summed E-state index contributed by atoms with van der Waals surface area (Å²) in [5.41, 5.74) is 1.56. The van der Waals surface area contributed by atoms with Gasteiger partial charge in [0.05, 0.1) is 11.7 Å². The normalized spacial score (nSPS) is 13.1. The molecule has 1 heterocycles. The highest BCUT2D eigenvalue weighted by Gasteiger charge is 2.20. The number of rotatable bonds is 5. The molecule has 0 bridgehead atoms. The van der Waals surface area contributed by atoms with E-state index in [9.17, 15) is 8.78 Å². The van der Waals surface area contributed by atoms with E-state index >= 15 is 0 Å².